The van der Waals surface area contributed by atoms with Crippen molar-refractivity contribution < 1.29 is 22.3 Å². The molecule has 1 atom stereocenters. The van der Waals surface area contributed by atoms with Gasteiger partial charge in [0, 0.05) is 19.2 Å². The lowest BCUT2D eigenvalue weighted by Gasteiger charge is -2.29. The third-order valence-electron chi connectivity index (χ3n) is 4.56. The number of benzene rings is 2. The number of hydrogen-bond acceptors (Lipinski definition) is 4. The second kappa shape index (κ2) is 7.73. The summed E-state index contributed by atoms with van der Waals surface area (Å²) in [6, 6.07) is 9.37. The zero-order valence-corrected chi connectivity index (χ0v) is 16.4. The highest BCUT2D eigenvalue weighted by Gasteiger charge is 2.32. The van der Waals surface area contributed by atoms with Crippen molar-refractivity contribution in [2.75, 3.05) is 20.8 Å². The van der Waals surface area contributed by atoms with Crippen molar-refractivity contribution in [1.29, 1.82) is 0 Å². The van der Waals surface area contributed by atoms with Gasteiger partial charge in [-0.1, -0.05) is 18.2 Å². The molecule has 1 unspecified atom stereocenters. The zero-order chi connectivity index (χ0) is 19.5. The maximum absolute atomic E-state index is 14.2. The number of aryl methyl sites for hydroxylation is 2. The molecule has 5 nitrogen and oxygen atoms in total. The van der Waals surface area contributed by atoms with Crippen LogP contribution in [0.4, 0.5) is 4.39 Å². The predicted molar refractivity (Wildman–Crippen MR) is 98.4 cm³/mol. The molecule has 0 fully saturated rings. The molecule has 2 aromatic rings. The van der Waals surface area contributed by atoms with Crippen LogP contribution in [0.3, 0.4) is 0 Å². The smallest absolute Gasteiger partial charge is 0.244 e. The van der Waals surface area contributed by atoms with Crippen LogP contribution in [0.15, 0.2) is 41.3 Å². The molecule has 0 amide bonds. The minimum absolute atomic E-state index is 0.0371. The molecule has 0 spiro atoms. The Morgan fingerprint density at radius 2 is 1.73 bits per heavy atom. The standard InChI is InChI=1S/C19H24FNO4S/c1-13-10-17(24-4)18(11-14(13)2)26(22,23)21-12-19(3,25-5)15-8-6-7-9-16(15)20/h6-11,21H,12H2,1-5H3. The summed E-state index contributed by atoms with van der Waals surface area (Å²) in [5, 5.41) is 0. The summed E-state index contributed by atoms with van der Waals surface area (Å²) in [5.74, 6) is -0.203. The minimum atomic E-state index is -3.88. The lowest BCUT2D eigenvalue weighted by atomic mass is 9.95. The molecule has 0 aliphatic heterocycles. The van der Waals surface area contributed by atoms with Crippen molar-refractivity contribution in [3.05, 3.63) is 58.9 Å². The first-order valence-corrected chi connectivity index (χ1v) is 9.58. The maximum atomic E-state index is 14.2. The van der Waals surface area contributed by atoms with E-state index in [1.54, 1.807) is 37.3 Å². The van der Waals surface area contributed by atoms with E-state index >= 15 is 0 Å². The maximum Gasteiger partial charge on any atom is 0.244 e. The van der Waals surface area contributed by atoms with Crippen molar-refractivity contribution in [1.82, 2.24) is 4.72 Å². The molecular weight excluding hydrogens is 357 g/mol. The van der Waals surface area contributed by atoms with Gasteiger partial charge in [-0.15, -0.1) is 0 Å². The Morgan fingerprint density at radius 1 is 1.12 bits per heavy atom. The van der Waals surface area contributed by atoms with E-state index in [2.05, 4.69) is 4.72 Å². The number of methoxy groups -OCH3 is 2. The van der Waals surface area contributed by atoms with Gasteiger partial charge in [0.05, 0.1) is 7.11 Å². The minimum Gasteiger partial charge on any atom is -0.495 e. The molecule has 7 heteroatoms. The van der Waals surface area contributed by atoms with Gasteiger partial charge in [0.25, 0.3) is 0 Å². The molecule has 2 aromatic carbocycles. The normalized spacial score (nSPS) is 14.1. The van der Waals surface area contributed by atoms with E-state index in [9.17, 15) is 12.8 Å². The van der Waals surface area contributed by atoms with Gasteiger partial charge in [-0.3, -0.25) is 0 Å². The molecule has 0 aliphatic carbocycles. The largest absolute Gasteiger partial charge is 0.495 e. The van der Waals surface area contributed by atoms with Crippen molar-refractivity contribution in [3.8, 4) is 5.75 Å². The van der Waals surface area contributed by atoms with E-state index in [-0.39, 0.29) is 22.8 Å². The summed E-state index contributed by atoms with van der Waals surface area (Å²) in [6.45, 7) is 5.20. The Labute approximate surface area is 154 Å². The summed E-state index contributed by atoms with van der Waals surface area (Å²) in [6.07, 6.45) is 0. The third kappa shape index (κ3) is 4.06. The van der Waals surface area contributed by atoms with E-state index in [1.165, 1.54) is 20.3 Å². The van der Waals surface area contributed by atoms with Crippen molar-refractivity contribution >= 4 is 10.0 Å². The second-order valence-electron chi connectivity index (χ2n) is 6.33. The van der Waals surface area contributed by atoms with Gasteiger partial charge >= 0.3 is 0 Å². The molecular formula is C19H24FNO4S. The molecule has 0 bridgehead atoms. The van der Waals surface area contributed by atoms with Crippen LogP contribution in [0.25, 0.3) is 0 Å². The predicted octanol–water partition coefficient (Wildman–Crippen LogP) is 3.29. The Morgan fingerprint density at radius 3 is 2.31 bits per heavy atom. The highest BCUT2D eigenvalue weighted by atomic mass is 32.2. The first-order chi connectivity index (χ1) is 12.1. The fourth-order valence-electron chi connectivity index (χ4n) is 2.61. The number of halogens is 1. The quantitative estimate of drug-likeness (QED) is 0.799. The van der Waals surface area contributed by atoms with Crippen molar-refractivity contribution in [2.45, 2.75) is 31.3 Å². The highest BCUT2D eigenvalue weighted by Crippen LogP contribution is 2.30. The van der Waals surface area contributed by atoms with E-state index in [0.717, 1.165) is 11.1 Å². The molecule has 0 radical (unpaired) electrons. The third-order valence-corrected chi connectivity index (χ3v) is 5.99. The molecule has 0 aliphatic rings. The summed E-state index contributed by atoms with van der Waals surface area (Å²) >= 11 is 0. The molecule has 26 heavy (non-hydrogen) atoms. The van der Waals surface area contributed by atoms with Crippen LogP contribution in [0.2, 0.25) is 0 Å². The van der Waals surface area contributed by atoms with Crippen molar-refractivity contribution in [3.63, 3.8) is 0 Å². The summed E-state index contributed by atoms with van der Waals surface area (Å²) in [4.78, 5) is 0.0371. The van der Waals surface area contributed by atoms with E-state index in [1.807, 2.05) is 13.8 Å². The summed E-state index contributed by atoms with van der Waals surface area (Å²) < 4.78 is 53.0. The van der Waals surface area contributed by atoms with Gasteiger partial charge < -0.3 is 9.47 Å². The fourth-order valence-corrected chi connectivity index (χ4v) is 3.97. The van der Waals surface area contributed by atoms with Crippen LogP contribution < -0.4 is 9.46 Å². The van der Waals surface area contributed by atoms with E-state index in [4.69, 9.17) is 9.47 Å². The van der Waals surface area contributed by atoms with E-state index < -0.39 is 21.4 Å². The van der Waals surface area contributed by atoms with Crippen LogP contribution in [0.5, 0.6) is 5.75 Å². The Hall–Kier alpha value is -1.96. The molecule has 1 N–H and O–H groups in total. The van der Waals surface area contributed by atoms with Gasteiger partial charge in [0.15, 0.2) is 0 Å². The highest BCUT2D eigenvalue weighted by molar-refractivity contribution is 7.89. The number of rotatable bonds is 7. The Balaban J connectivity index is 2.35. The van der Waals surface area contributed by atoms with Crippen LogP contribution in [0, 0.1) is 19.7 Å². The van der Waals surface area contributed by atoms with Gasteiger partial charge in [-0.2, -0.15) is 0 Å². The first kappa shape index (κ1) is 20.4. The average Bonchev–Trinajstić information content (AvgIpc) is 2.62. The summed E-state index contributed by atoms with van der Waals surface area (Å²) in [5.41, 5.74) is 0.867. The molecule has 0 heterocycles. The first-order valence-electron chi connectivity index (χ1n) is 8.09. The van der Waals surface area contributed by atoms with Crippen molar-refractivity contribution in [2.24, 2.45) is 0 Å². The molecule has 0 saturated carbocycles. The lowest BCUT2D eigenvalue weighted by Crippen LogP contribution is -2.40. The van der Waals surface area contributed by atoms with Gasteiger partial charge in [-0.05, 0) is 50.1 Å². The Kier molecular flexibility index (Phi) is 6.05. The van der Waals surface area contributed by atoms with Crippen LogP contribution in [-0.2, 0) is 20.4 Å². The summed E-state index contributed by atoms with van der Waals surface area (Å²) in [7, 11) is -1.05. The fraction of sp³-hybridized carbons (Fsp3) is 0.368. The molecule has 142 valence electrons. The molecule has 0 aromatic heterocycles. The second-order valence-corrected chi connectivity index (χ2v) is 8.06. The van der Waals surface area contributed by atoms with Gasteiger partial charge in [0.2, 0.25) is 10.0 Å². The molecule has 2 rings (SSSR count). The van der Waals surface area contributed by atoms with Crippen LogP contribution >= 0.6 is 0 Å². The van der Waals surface area contributed by atoms with Gasteiger partial charge in [-0.25, -0.2) is 17.5 Å². The SMILES string of the molecule is COc1cc(C)c(C)cc1S(=O)(=O)NCC(C)(OC)c1ccccc1F. The van der Waals surface area contributed by atoms with Crippen LogP contribution in [0.1, 0.15) is 23.6 Å². The van der Waals surface area contributed by atoms with Gasteiger partial charge in [0.1, 0.15) is 22.1 Å². The number of nitrogens with one attached hydrogen (secondary N) is 1. The lowest BCUT2D eigenvalue weighted by molar-refractivity contribution is 0.00409. The number of ether oxygens (including phenoxy) is 2. The topological polar surface area (TPSA) is 64.6 Å². The zero-order valence-electron chi connectivity index (χ0n) is 15.6. The van der Waals surface area contributed by atoms with Crippen LogP contribution in [-0.4, -0.2) is 29.2 Å². The number of hydrogen-bond donors (Lipinski definition) is 1. The molecule has 0 saturated heterocycles. The number of sulfonamides is 1. The monoisotopic (exact) mass is 381 g/mol. The average molecular weight is 381 g/mol. The van der Waals surface area contributed by atoms with E-state index in [0.29, 0.717) is 0 Å². The Bertz CT molecular complexity index is 898.